The maximum Gasteiger partial charge on any atom is 0.322 e. The van der Waals surface area contributed by atoms with Gasteiger partial charge in [0.2, 0.25) is 11.8 Å². The monoisotopic (exact) mass is 335 g/mol. The fourth-order valence-electron chi connectivity index (χ4n) is 2.24. The van der Waals surface area contributed by atoms with Gasteiger partial charge >= 0.3 is 5.97 Å². The highest BCUT2D eigenvalue weighted by Crippen LogP contribution is 2.06. The lowest BCUT2D eigenvalue weighted by Gasteiger charge is -2.21. The van der Waals surface area contributed by atoms with Crippen molar-refractivity contribution in [3.8, 4) is 0 Å². The molecule has 0 saturated carbocycles. The van der Waals surface area contributed by atoms with E-state index < -0.39 is 36.4 Å². The van der Waals surface area contributed by atoms with Crippen LogP contribution in [0.3, 0.4) is 0 Å². The Kier molecular flexibility index (Phi) is 7.91. The van der Waals surface area contributed by atoms with E-state index in [2.05, 4.69) is 10.6 Å². The van der Waals surface area contributed by atoms with Gasteiger partial charge in [0, 0.05) is 6.42 Å². The lowest BCUT2D eigenvalue weighted by Crippen LogP contribution is -2.53. The molecule has 0 aromatic heterocycles. The van der Waals surface area contributed by atoms with Crippen molar-refractivity contribution in [2.45, 2.75) is 38.8 Å². The summed E-state index contributed by atoms with van der Waals surface area (Å²) >= 11 is 0. The second-order valence-corrected chi connectivity index (χ2v) is 6.10. The Bertz CT molecular complexity index is 560. The summed E-state index contributed by atoms with van der Waals surface area (Å²) in [7, 11) is 0. The Morgan fingerprint density at radius 1 is 1.12 bits per heavy atom. The third-order valence-electron chi connectivity index (χ3n) is 3.39. The van der Waals surface area contributed by atoms with Crippen LogP contribution >= 0.6 is 0 Å². The minimum absolute atomic E-state index is 0.249. The van der Waals surface area contributed by atoms with Gasteiger partial charge in [-0.15, -0.1) is 0 Å². The second kappa shape index (κ2) is 9.67. The van der Waals surface area contributed by atoms with Crippen molar-refractivity contribution in [3.63, 3.8) is 0 Å². The van der Waals surface area contributed by atoms with Crippen molar-refractivity contribution < 1.29 is 19.5 Å². The van der Waals surface area contributed by atoms with E-state index in [9.17, 15) is 14.4 Å². The highest BCUT2D eigenvalue weighted by molar-refractivity contribution is 5.91. The number of nitrogens with one attached hydrogen (secondary N) is 2. The number of amides is 2. The van der Waals surface area contributed by atoms with Crippen molar-refractivity contribution in [3.05, 3.63) is 35.9 Å². The predicted molar refractivity (Wildman–Crippen MR) is 90.2 cm³/mol. The van der Waals surface area contributed by atoms with Gasteiger partial charge in [0.25, 0.3) is 0 Å². The maximum atomic E-state index is 12.2. The average Bonchev–Trinajstić information content (AvgIpc) is 2.52. The molecular formula is C17H25N3O4. The SMILES string of the molecule is CC(C)CC(N)C(=O)NC(Cc1ccccc1)C(=O)NCC(=O)O. The van der Waals surface area contributed by atoms with Crippen molar-refractivity contribution in [1.82, 2.24) is 10.6 Å². The molecule has 0 bridgehead atoms. The molecule has 0 fully saturated rings. The molecule has 24 heavy (non-hydrogen) atoms. The summed E-state index contributed by atoms with van der Waals surface area (Å²) in [5, 5.41) is 13.6. The van der Waals surface area contributed by atoms with Crippen molar-refractivity contribution in [2.75, 3.05) is 6.54 Å². The van der Waals surface area contributed by atoms with E-state index in [0.29, 0.717) is 6.42 Å². The Morgan fingerprint density at radius 3 is 2.29 bits per heavy atom. The normalized spacial score (nSPS) is 13.2. The number of carbonyl (C=O) groups excluding carboxylic acids is 2. The molecule has 0 aliphatic carbocycles. The van der Waals surface area contributed by atoms with Gasteiger partial charge in [0.05, 0.1) is 6.04 Å². The van der Waals surface area contributed by atoms with Gasteiger partial charge in [0.15, 0.2) is 0 Å². The summed E-state index contributed by atoms with van der Waals surface area (Å²) < 4.78 is 0. The van der Waals surface area contributed by atoms with Crippen molar-refractivity contribution in [2.24, 2.45) is 11.7 Å². The van der Waals surface area contributed by atoms with Crippen LogP contribution in [-0.4, -0.2) is 41.5 Å². The Labute approximate surface area is 141 Å². The summed E-state index contributed by atoms with van der Waals surface area (Å²) in [5.74, 6) is -1.87. The van der Waals surface area contributed by atoms with Crippen LogP contribution in [0.15, 0.2) is 30.3 Å². The molecular weight excluding hydrogens is 310 g/mol. The molecule has 5 N–H and O–H groups in total. The molecule has 1 aromatic carbocycles. The first-order valence-electron chi connectivity index (χ1n) is 7.89. The number of rotatable bonds is 9. The van der Waals surface area contributed by atoms with Crippen molar-refractivity contribution in [1.29, 1.82) is 0 Å². The number of hydrogen-bond acceptors (Lipinski definition) is 4. The van der Waals surface area contributed by atoms with E-state index >= 15 is 0 Å². The molecule has 2 atom stereocenters. The average molecular weight is 335 g/mol. The lowest BCUT2D eigenvalue weighted by molar-refractivity contribution is -0.138. The Hall–Kier alpha value is -2.41. The molecule has 0 spiro atoms. The van der Waals surface area contributed by atoms with Crippen LogP contribution in [0.2, 0.25) is 0 Å². The predicted octanol–water partition coefficient (Wildman–Crippen LogP) is 0.288. The molecule has 2 unspecified atom stereocenters. The summed E-state index contributed by atoms with van der Waals surface area (Å²) in [6, 6.07) is 7.57. The first-order chi connectivity index (χ1) is 11.3. The van der Waals surface area contributed by atoms with Crippen LogP contribution in [0, 0.1) is 5.92 Å². The van der Waals surface area contributed by atoms with Gasteiger partial charge in [0.1, 0.15) is 12.6 Å². The zero-order valence-corrected chi connectivity index (χ0v) is 14.0. The summed E-state index contributed by atoms with van der Waals surface area (Å²) in [6.45, 7) is 3.40. The number of benzene rings is 1. The summed E-state index contributed by atoms with van der Waals surface area (Å²) in [4.78, 5) is 35.0. The number of aliphatic carboxylic acids is 1. The van der Waals surface area contributed by atoms with Crippen LogP contribution in [0.25, 0.3) is 0 Å². The highest BCUT2D eigenvalue weighted by atomic mass is 16.4. The van der Waals surface area contributed by atoms with Gasteiger partial charge in [-0.1, -0.05) is 44.2 Å². The molecule has 0 heterocycles. The van der Waals surface area contributed by atoms with E-state index in [-0.39, 0.29) is 12.3 Å². The molecule has 132 valence electrons. The topological polar surface area (TPSA) is 122 Å². The van der Waals surface area contributed by atoms with E-state index in [1.54, 1.807) is 0 Å². The second-order valence-electron chi connectivity index (χ2n) is 6.10. The van der Waals surface area contributed by atoms with E-state index in [1.807, 2.05) is 44.2 Å². The molecule has 0 radical (unpaired) electrons. The van der Waals surface area contributed by atoms with Crippen molar-refractivity contribution >= 4 is 17.8 Å². The zero-order valence-electron chi connectivity index (χ0n) is 14.0. The van der Waals surface area contributed by atoms with Crippen LogP contribution in [-0.2, 0) is 20.8 Å². The molecule has 0 saturated heterocycles. The van der Waals surface area contributed by atoms with E-state index in [4.69, 9.17) is 10.8 Å². The first-order valence-corrected chi connectivity index (χ1v) is 7.89. The molecule has 7 heteroatoms. The smallest absolute Gasteiger partial charge is 0.322 e. The first kappa shape index (κ1) is 19.6. The van der Waals surface area contributed by atoms with Crippen LogP contribution in [0.1, 0.15) is 25.8 Å². The number of nitrogens with two attached hydrogens (primary N) is 1. The molecule has 7 nitrogen and oxygen atoms in total. The zero-order chi connectivity index (χ0) is 18.1. The quantitative estimate of drug-likeness (QED) is 0.517. The fourth-order valence-corrected chi connectivity index (χ4v) is 2.24. The Balaban J connectivity index is 2.78. The molecule has 1 rings (SSSR count). The third kappa shape index (κ3) is 7.23. The van der Waals surface area contributed by atoms with Gasteiger partial charge in [-0.25, -0.2) is 0 Å². The third-order valence-corrected chi connectivity index (χ3v) is 3.39. The molecule has 2 amide bonds. The Morgan fingerprint density at radius 2 is 1.75 bits per heavy atom. The van der Waals surface area contributed by atoms with Gasteiger partial charge in [-0.3, -0.25) is 14.4 Å². The molecule has 1 aromatic rings. The van der Waals surface area contributed by atoms with Crippen LogP contribution in [0.5, 0.6) is 0 Å². The fraction of sp³-hybridized carbons (Fsp3) is 0.471. The minimum atomic E-state index is -1.15. The lowest BCUT2D eigenvalue weighted by atomic mass is 10.0. The minimum Gasteiger partial charge on any atom is -0.480 e. The maximum absolute atomic E-state index is 12.2. The largest absolute Gasteiger partial charge is 0.480 e. The summed E-state index contributed by atoms with van der Waals surface area (Å²) in [6.07, 6.45) is 0.757. The van der Waals surface area contributed by atoms with E-state index in [1.165, 1.54) is 0 Å². The molecule has 0 aliphatic heterocycles. The van der Waals surface area contributed by atoms with E-state index in [0.717, 1.165) is 5.56 Å². The number of hydrogen-bond donors (Lipinski definition) is 4. The van der Waals surface area contributed by atoms with Gasteiger partial charge < -0.3 is 21.5 Å². The van der Waals surface area contributed by atoms with Crippen LogP contribution in [0.4, 0.5) is 0 Å². The van der Waals surface area contributed by atoms with Gasteiger partial charge in [-0.2, -0.15) is 0 Å². The standard InChI is InChI=1S/C17H25N3O4/c1-11(2)8-13(18)16(23)20-14(17(24)19-10-15(21)22)9-12-6-4-3-5-7-12/h3-7,11,13-14H,8-10,18H2,1-2H3,(H,19,24)(H,20,23)(H,21,22). The highest BCUT2D eigenvalue weighted by Gasteiger charge is 2.24. The number of carboxylic acid groups (broad SMARTS) is 1. The number of carboxylic acids is 1. The van der Waals surface area contributed by atoms with Gasteiger partial charge in [-0.05, 0) is 17.9 Å². The molecule has 0 aliphatic rings. The number of carbonyl (C=O) groups is 3. The van der Waals surface area contributed by atoms with Crippen LogP contribution < -0.4 is 16.4 Å². The summed E-state index contributed by atoms with van der Waals surface area (Å²) in [5.41, 5.74) is 6.70.